The van der Waals surface area contributed by atoms with E-state index in [0.717, 1.165) is 18.4 Å². The second-order valence-corrected chi connectivity index (χ2v) is 7.24. The van der Waals surface area contributed by atoms with E-state index in [4.69, 9.17) is 4.74 Å². The zero-order valence-corrected chi connectivity index (χ0v) is 13.2. The van der Waals surface area contributed by atoms with Gasteiger partial charge >= 0.3 is 0 Å². The van der Waals surface area contributed by atoms with Crippen molar-refractivity contribution in [2.24, 2.45) is 5.92 Å². The zero-order chi connectivity index (χ0) is 15.6. The molecular weight excluding hydrogens is 298 g/mol. The Balaban J connectivity index is 1.85. The lowest BCUT2D eigenvalue weighted by Gasteiger charge is -2.19. The van der Waals surface area contributed by atoms with Gasteiger partial charge in [-0.2, -0.15) is 0 Å². The van der Waals surface area contributed by atoms with Crippen molar-refractivity contribution in [2.75, 3.05) is 7.11 Å². The molecule has 116 valence electrons. The molecule has 0 unspecified atom stereocenters. The highest BCUT2D eigenvalue weighted by Gasteiger charge is 2.35. The summed E-state index contributed by atoms with van der Waals surface area (Å²) in [5, 5.41) is 0. The van der Waals surface area contributed by atoms with Gasteiger partial charge in [-0.05, 0) is 48.6 Å². The summed E-state index contributed by atoms with van der Waals surface area (Å²) in [5.41, 5.74) is 1.02. The van der Waals surface area contributed by atoms with Crippen LogP contribution < -0.4 is 9.46 Å². The average molecular weight is 317 g/mol. The number of sulfonamides is 1. The van der Waals surface area contributed by atoms with Crippen molar-refractivity contribution in [1.82, 2.24) is 4.72 Å². The van der Waals surface area contributed by atoms with E-state index in [2.05, 4.69) is 4.72 Å². The predicted molar refractivity (Wildman–Crippen MR) is 85.2 cm³/mol. The minimum atomic E-state index is -3.54. The minimum absolute atomic E-state index is 0.159. The SMILES string of the molecule is COc1ccc(S(=O)(=O)N[C@H](c2ccccc2)C2CC2)cc1. The quantitative estimate of drug-likeness (QED) is 0.890. The van der Waals surface area contributed by atoms with Gasteiger partial charge in [0.15, 0.2) is 0 Å². The van der Waals surface area contributed by atoms with Crippen molar-refractivity contribution in [3.8, 4) is 5.75 Å². The molecule has 0 bridgehead atoms. The smallest absolute Gasteiger partial charge is 0.241 e. The largest absolute Gasteiger partial charge is 0.497 e. The van der Waals surface area contributed by atoms with Crippen molar-refractivity contribution in [2.45, 2.75) is 23.8 Å². The third-order valence-corrected chi connectivity index (χ3v) is 5.36. The molecule has 0 spiro atoms. The summed E-state index contributed by atoms with van der Waals surface area (Å²) in [6.07, 6.45) is 2.12. The monoisotopic (exact) mass is 317 g/mol. The fraction of sp³-hybridized carbons (Fsp3) is 0.294. The van der Waals surface area contributed by atoms with Gasteiger partial charge in [-0.25, -0.2) is 13.1 Å². The number of benzene rings is 2. The van der Waals surface area contributed by atoms with Crippen LogP contribution in [0.1, 0.15) is 24.4 Å². The summed E-state index contributed by atoms with van der Waals surface area (Å²) in [7, 11) is -1.99. The highest BCUT2D eigenvalue weighted by atomic mass is 32.2. The highest BCUT2D eigenvalue weighted by molar-refractivity contribution is 7.89. The molecule has 4 nitrogen and oxygen atoms in total. The number of nitrogens with one attached hydrogen (secondary N) is 1. The number of hydrogen-bond donors (Lipinski definition) is 1. The first-order valence-corrected chi connectivity index (χ1v) is 8.80. The van der Waals surface area contributed by atoms with Crippen LogP contribution >= 0.6 is 0 Å². The van der Waals surface area contributed by atoms with Gasteiger partial charge in [0.1, 0.15) is 5.75 Å². The number of ether oxygens (including phenoxy) is 1. The Morgan fingerprint density at radius 3 is 2.23 bits per heavy atom. The molecule has 1 atom stereocenters. The van der Waals surface area contributed by atoms with Gasteiger partial charge in [-0.1, -0.05) is 30.3 Å². The lowest BCUT2D eigenvalue weighted by atomic mass is 10.0. The molecule has 1 N–H and O–H groups in total. The third-order valence-electron chi connectivity index (χ3n) is 3.90. The molecule has 1 aliphatic rings. The fourth-order valence-electron chi connectivity index (χ4n) is 2.52. The molecule has 5 heteroatoms. The van der Waals surface area contributed by atoms with E-state index in [1.165, 1.54) is 0 Å². The molecule has 0 amide bonds. The maximum absolute atomic E-state index is 12.6. The summed E-state index contributed by atoms with van der Waals surface area (Å²) in [4.78, 5) is 0.259. The molecule has 1 aliphatic carbocycles. The second-order valence-electron chi connectivity index (χ2n) is 5.52. The fourth-order valence-corrected chi connectivity index (χ4v) is 3.81. The lowest BCUT2D eigenvalue weighted by Crippen LogP contribution is -2.30. The molecular formula is C17H19NO3S. The van der Waals surface area contributed by atoms with Gasteiger partial charge < -0.3 is 4.74 Å². The Bertz CT molecular complexity index is 722. The van der Waals surface area contributed by atoms with Crippen LogP contribution in [0, 0.1) is 5.92 Å². The molecule has 2 aromatic rings. The first-order chi connectivity index (χ1) is 10.6. The second kappa shape index (κ2) is 6.10. The first kappa shape index (κ1) is 15.1. The lowest BCUT2D eigenvalue weighted by molar-refractivity contribution is 0.414. The van der Waals surface area contributed by atoms with Gasteiger partial charge in [-0.3, -0.25) is 0 Å². The molecule has 1 saturated carbocycles. The molecule has 0 saturated heterocycles. The van der Waals surface area contributed by atoms with Gasteiger partial charge in [0.2, 0.25) is 10.0 Å². The topological polar surface area (TPSA) is 55.4 Å². The van der Waals surface area contributed by atoms with E-state index in [0.29, 0.717) is 11.7 Å². The minimum Gasteiger partial charge on any atom is -0.497 e. The van der Waals surface area contributed by atoms with Crippen LogP contribution in [0.25, 0.3) is 0 Å². The van der Waals surface area contributed by atoms with Crippen LogP contribution in [0.5, 0.6) is 5.75 Å². The number of hydrogen-bond acceptors (Lipinski definition) is 3. The Morgan fingerprint density at radius 1 is 1.05 bits per heavy atom. The maximum atomic E-state index is 12.6. The van der Waals surface area contributed by atoms with Gasteiger partial charge in [-0.15, -0.1) is 0 Å². The number of methoxy groups -OCH3 is 1. The van der Waals surface area contributed by atoms with Crippen molar-refractivity contribution < 1.29 is 13.2 Å². The molecule has 0 heterocycles. The van der Waals surface area contributed by atoms with E-state index in [9.17, 15) is 8.42 Å². The molecule has 0 radical (unpaired) electrons. The summed E-state index contributed by atoms with van der Waals surface area (Å²) >= 11 is 0. The molecule has 3 rings (SSSR count). The average Bonchev–Trinajstić information content (AvgIpc) is 3.38. The van der Waals surface area contributed by atoms with E-state index in [1.54, 1.807) is 31.4 Å². The van der Waals surface area contributed by atoms with E-state index >= 15 is 0 Å². The zero-order valence-electron chi connectivity index (χ0n) is 12.4. The van der Waals surface area contributed by atoms with Crippen molar-refractivity contribution in [1.29, 1.82) is 0 Å². The standard InChI is InChI=1S/C17H19NO3S/c1-21-15-9-11-16(12-10-15)22(19,20)18-17(14-7-8-14)13-5-3-2-4-6-13/h2-6,9-12,14,17-18H,7-8H2,1H3/t17-/m1/s1. The van der Waals surface area contributed by atoms with Gasteiger partial charge in [0, 0.05) is 6.04 Å². The summed E-state index contributed by atoms with van der Waals surface area (Å²) in [6, 6.07) is 16.0. The van der Waals surface area contributed by atoms with Crippen LogP contribution in [0.2, 0.25) is 0 Å². The summed E-state index contributed by atoms with van der Waals surface area (Å²) < 4.78 is 33.1. The van der Waals surface area contributed by atoms with Gasteiger partial charge in [0.25, 0.3) is 0 Å². The van der Waals surface area contributed by atoms with E-state index in [-0.39, 0.29) is 10.9 Å². The molecule has 1 fully saturated rings. The van der Waals surface area contributed by atoms with Crippen LogP contribution in [0.15, 0.2) is 59.5 Å². The van der Waals surface area contributed by atoms with Gasteiger partial charge in [0.05, 0.1) is 12.0 Å². The van der Waals surface area contributed by atoms with Crippen molar-refractivity contribution >= 4 is 10.0 Å². The molecule has 2 aromatic carbocycles. The van der Waals surface area contributed by atoms with Crippen molar-refractivity contribution in [3.63, 3.8) is 0 Å². The summed E-state index contributed by atoms with van der Waals surface area (Å²) in [6.45, 7) is 0. The molecule has 22 heavy (non-hydrogen) atoms. The van der Waals surface area contributed by atoms with E-state index < -0.39 is 10.0 Å². The normalized spacial score (nSPS) is 16.2. The van der Waals surface area contributed by atoms with Crippen LogP contribution in [0.3, 0.4) is 0 Å². The Hall–Kier alpha value is -1.85. The maximum Gasteiger partial charge on any atom is 0.241 e. The molecule has 0 aliphatic heterocycles. The first-order valence-electron chi connectivity index (χ1n) is 7.31. The molecule has 0 aromatic heterocycles. The van der Waals surface area contributed by atoms with Crippen LogP contribution in [-0.2, 0) is 10.0 Å². The number of rotatable bonds is 6. The van der Waals surface area contributed by atoms with Crippen LogP contribution in [0.4, 0.5) is 0 Å². The third kappa shape index (κ3) is 3.31. The van der Waals surface area contributed by atoms with Crippen molar-refractivity contribution in [3.05, 3.63) is 60.2 Å². The Kier molecular flexibility index (Phi) is 4.18. The van der Waals surface area contributed by atoms with E-state index in [1.807, 2.05) is 30.3 Å². The Morgan fingerprint density at radius 2 is 1.68 bits per heavy atom. The summed E-state index contributed by atoms with van der Waals surface area (Å²) in [5.74, 6) is 1.02. The highest BCUT2D eigenvalue weighted by Crippen LogP contribution is 2.41. The van der Waals surface area contributed by atoms with Crippen LogP contribution in [-0.4, -0.2) is 15.5 Å². The predicted octanol–water partition coefficient (Wildman–Crippen LogP) is 3.12. The Labute approximate surface area is 131 Å².